The number of sulfonamides is 1. The molecular formula is C24H24N2O4S. The Bertz CT molecular complexity index is 1220. The summed E-state index contributed by atoms with van der Waals surface area (Å²) >= 11 is 0. The van der Waals surface area contributed by atoms with Crippen LogP contribution in [0.15, 0.2) is 71.6 Å². The maximum atomic E-state index is 13.2. The van der Waals surface area contributed by atoms with E-state index >= 15 is 0 Å². The van der Waals surface area contributed by atoms with Crippen molar-refractivity contribution in [3.63, 3.8) is 0 Å². The molecule has 0 aromatic heterocycles. The smallest absolute Gasteiger partial charge is 0.261 e. The summed E-state index contributed by atoms with van der Waals surface area (Å²) in [5, 5.41) is 0. The Labute approximate surface area is 182 Å². The molecule has 31 heavy (non-hydrogen) atoms. The summed E-state index contributed by atoms with van der Waals surface area (Å²) in [5.74, 6) is 0.497. The number of benzene rings is 3. The standard InChI is InChI=1S/C24H24N2O4S/c1-17-16-19(24(27)26-15-5-7-18-6-3-4-8-23(18)26)9-14-22(17)25-31(28,29)21-12-10-20(30-2)11-13-21/h3-4,6,8-14,16,25H,5,7,15H2,1-2H3. The summed E-state index contributed by atoms with van der Waals surface area (Å²) in [6.07, 6.45) is 1.88. The van der Waals surface area contributed by atoms with Crippen molar-refractivity contribution >= 4 is 27.3 Å². The minimum atomic E-state index is -3.76. The lowest BCUT2D eigenvalue weighted by molar-refractivity contribution is 0.0985. The third-order valence-corrected chi connectivity index (χ3v) is 6.82. The summed E-state index contributed by atoms with van der Waals surface area (Å²) in [6.45, 7) is 2.45. The van der Waals surface area contributed by atoms with E-state index < -0.39 is 10.0 Å². The first-order valence-corrected chi connectivity index (χ1v) is 11.5. The molecule has 7 heteroatoms. The van der Waals surface area contributed by atoms with Gasteiger partial charge in [0.1, 0.15) is 5.75 Å². The number of methoxy groups -OCH3 is 1. The van der Waals surface area contributed by atoms with Crippen molar-refractivity contribution in [3.8, 4) is 5.75 Å². The van der Waals surface area contributed by atoms with Crippen molar-refractivity contribution in [1.29, 1.82) is 0 Å². The summed E-state index contributed by atoms with van der Waals surface area (Å²) < 4.78 is 33.1. The van der Waals surface area contributed by atoms with E-state index in [0.717, 1.165) is 18.5 Å². The lowest BCUT2D eigenvalue weighted by Gasteiger charge is -2.29. The number of rotatable bonds is 5. The Kier molecular flexibility index (Phi) is 5.69. The summed E-state index contributed by atoms with van der Waals surface area (Å²) in [6, 6.07) is 19.1. The number of ether oxygens (including phenoxy) is 1. The average Bonchev–Trinajstić information content (AvgIpc) is 2.79. The average molecular weight is 437 g/mol. The molecule has 1 heterocycles. The third kappa shape index (κ3) is 4.27. The highest BCUT2D eigenvalue weighted by atomic mass is 32.2. The summed E-state index contributed by atoms with van der Waals surface area (Å²) in [7, 11) is -2.23. The van der Waals surface area contributed by atoms with E-state index in [0.29, 0.717) is 29.1 Å². The predicted molar refractivity (Wildman–Crippen MR) is 121 cm³/mol. The zero-order valence-corrected chi connectivity index (χ0v) is 18.3. The molecule has 0 bridgehead atoms. The quantitative estimate of drug-likeness (QED) is 0.643. The monoisotopic (exact) mass is 436 g/mol. The number of amides is 1. The van der Waals surface area contributed by atoms with Crippen LogP contribution in [0, 0.1) is 6.92 Å². The predicted octanol–water partition coefficient (Wildman–Crippen LogP) is 4.40. The van der Waals surface area contributed by atoms with Gasteiger partial charge < -0.3 is 9.64 Å². The highest BCUT2D eigenvalue weighted by Gasteiger charge is 2.24. The molecule has 0 unspecified atom stereocenters. The van der Waals surface area contributed by atoms with Crippen molar-refractivity contribution in [2.24, 2.45) is 0 Å². The van der Waals surface area contributed by atoms with Crippen LogP contribution in [0.1, 0.15) is 27.9 Å². The van der Waals surface area contributed by atoms with Crippen molar-refractivity contribution in [3.05, 3.63) is 83.4 Å². The molecule has 0 spiro atoms. The Hall–Kier alpha value is -3.32. The van der Waals surface area contributed by atoms with Crippen molar-refractivity contribution in [1.82, 2.24) is 0 Å². The van der Waals surface area contributed by atoms with Crippen LogP contribution in [-0.2, 0) is 16.4 Å². The van der Waals surface area contributed by atoms with E-state index in [-0.39, 0.29) is 10.8 Å². The van der Waals surface area contributed by atoms with Gasteiger partial charge in [0.25, 0.3) is 15.9 Å². The number of nitrogens with zero attached hydrogens (tertiary/aromatic N) is 1. The molecule has 1 aliphatic heterocycles. The van der Waals surface area contributed by atoms with Gasteiger partial charge in [-0.3, -0.25) is 9.52 Å². The van der Waals surface area contributed by atoms with Crippen LogP contribution in [0.3, 0.4) is 0 Å². The Morgan fingerprint density at radius 2 is 1.77 bits per heavy atom. The van der Waals surface area contributed by atoms with Crippen molar-refractivity contribution in [2.45, 2.75) is 24.7 Å². The van der Waals surface area contributed by atoms with Gasteiger partial charge >= 0.3 is 0 Å². The summed E-state index contributed by atoms with van der Waals surface area (Å²) in [4.78, 5) is 15.1. The number of carbonyl (C=O) groups excluding carboxylic acids is 1. The van der Waals surface area contributed by atoms with E-state index in [9.17, 15) is 13.2 Å². The maximum Gasteiger partial charge on any atom is 0.261 e. The maximum absolute atomic E-state index is 13.2. The molecule has 1 aliphatic rings. The minimum absolute atomic E-state index is 0.0835. The molecule has 0 saturated carbocycles. The molecule has 1 N–H and O–H groups in total. The highest BCUT2D eigenvalue weighted by molar-refractivity contribution is 7.92. The number of aryl methyl sites for hydroxylation is 2. The first kappa shape index (κ1) is 20.9. The van der Waals surface area contributed by atoms with Gasteiger partial charge in [-0.2, -0.15) is 0 Å². The first-order chi connectivity index (χ1) is 14.9. The third-order valence-electron chi connectivity index (χ3n) is 5.44. The molecule has 160 valence electrons. The number of para-hydroxylation sites is 1. The molecule has 0 radical (unpaired) electrons. The second-order valence-corrected chi connectivity index (χ2v) is 9.18. The van der Waals surface area contributed by atoms with Gasteiger partial charge in [-0.1, -0.05) is 18.2 Å². The van der Waals surface area contributed by atoms with Gasteiger partial charge in [0.05, 0.1) is 17.7 Å². The normalized spacial score (nSPS) is 13.4. The fourth-order valence-corrected chi connectivity index (χ4v) is 4.90. The number of carbonyl (C=O) groups is 1. The second-order valence-electron chi connectivity index (χ2n) is 7.50. The van der Waals surface area contributed by atoms with Gasteiger partial charge in [0, 0.05) is 17.8 Å². The van der Waals surface area contributed by atoms with Crippen LogP contribution < -0.4 is 14.4 Å². The molecule has 4 rings (SSSR count). The molecule has 3 aromatic rings. The largest absolute Gasteiger partial charge is 0.497 e. The lowest BCUT2D eigenvalue weighted by atomic mass is 10.0. The van der Waals surface area contributed by atoms with E-state index in [2.05, 4.69) is 10.8 Å². The Balaban J connectivity index is 1.56. The number of nitrogens with one attached hydrogen (secondary N) is 1. The van der Waals surface area contributed by atoms with Crippen LogP contribution in [0.4, 0.5) is 11.4 Å². The van der Waals surface area contributed by atoms with Crippen LogP contribution >= 0.6 is 0 Å². The number of anilines is 2. The molecule has 0 atom stereocenters. The molecule has 0 aliphatic carbocycles. The van der Waals surface area contributed by atoms with Crippen LogP contribution in [0.2, 0.25) is 0 Å². The van der Waals surface area contributed by atoms with Gasteiger partial charge in [0.15, 0.2) is 0 Å². The zero-order valence-electron chi connectivity index (χ0n) is 17.5. The Morgan fingerprint density at radius 3 is 2.48 bits per heavy atom. The van der Waals surface area contributed by atoms with Gasteiger partial charge in [-0.05, 0) is 79.4 Å². The van der Waals surface area contributed by atoms with E-state index in [1.54, 1.807) is 42.2 Å². The molecular weight excluding hydrogens is 412 g/mol. The van der Waals surface area contributed by atoms with E-state index in [4.69, 9.17) is 4.74 Å². The van der Waals surface area contributed by atoms with Crippen molar-refractivity contribution < 1.29 is 17.9 Å². The number of hydrogen-bond donors (Lipinski definition) is 1. The van der Waals surface area contributed by atoms with E-state index in [1.165, 1.54) is 24.8 Å². The topological polar surface area (TPSA) is 75.7 Å². The molecule has 0 fully saturated rings. The number of hydrogen-bond acceptors (Lipinski definition) is 4. The highest BCUT2D eigenvalue weighted by Crippen LogP contribution is 2.29. The fraction of sp³-hybridized carbons (Fsp3) is 0.208. The van der Waals surface area contributed by atoms with Gasteiger partial charge in [-0.15, -0.1) is 0 Å². The second kappa shape index (κ2) is 8.43. The van der Waals surface area contributed by atoms with E-state index in [1.807, 2.05) is 18.2 Å². The minimum Gasteiger partial charge on any atom is -0.497 e. The van der Waals surface area contributed by atoms with Crippen molar-refractivity contribution in [2.75, 3.05) is 23.3 Å². The first-order valence-electron chi connectivity index (χ1n) is 10.1. The van der Waals surface area contributed by atoms with Crippen LogP contribution in [0.5, 0.6) is 5.75 Å². The van der Waals surface area contributed by atoms with Crippen LogP contribution in [0.25, 0.3) is 0 Å². The van der Waals surface area contributed by atoms with Gasteiger partial charge in [0.2, 0.25) is 0 Å². The molecule has 3 aromatic carbocycles. The Morgan fingerprint density at radius 1 is 1.03 bits per heavy atom. The SMILES string of the molecule is COc1ccc(S(=O)(=O)Nc2ccc(C(=O)N3CCCc4ccccc43)cc2C)cc1. The van der Waals surface area contributed by atoms with Crippen LogP contribution in [-0.4, -0.2) is 28.0 Å². The zero-order chi connectivity index (χ0) is 22.0. The number of fused-ring (bicyclic) bond motifs is 1. The fourth-order valence-electron chi connectivity index (χ4n) is 3.77. The summed E-state index contributed by atoms with van der Waals surface area (Å²) in [5.41, 5.74) is 3.75. The molecule has 0 saturated heterocycles. The van der Waals surface area contributed by atoms with Gasteiger partial charge in [-0.25, -0.2) is 8.42 Å². The lowest BCUT2D eigenvalue weighted by Crippen LogP contribution is -2.35. The molecule has 6 nitrogen and oxygen atoms in total. The molecule has 1 amide bonds.